The van der Waals surface area contributed by atoms with E-state index in [1.54, 1.807) is 0 Å². The summed E-state index contributed by atoms with van der Waals surface area (Å²) in [6.07, 6.45) is 0. The summed E-state index contributed by atoms with van der Waals surface area (Å²) in [5, 5.41) is 12.2. The predicted molar refractivity (Wildman–Crippen MR) is 108 cm³/mol. The first kappa shape index (κ1) is 24.9. The minimum atomic E-state index is -0.275. The van der Waals surface area contributed by atoms with Crippen molar-refractivity contribution in [1.82, 2.24) is 10.2 Å². The molecule has 0 aliphatic carbocycles. The molecule has 0 aliphatic heterocycles. The van der Waals surface area contributed by atoms with E-state index in [2.05, 4.69) is 37.9 Å². The fraction of sp³-hybridized carbons (Fsp3) is 0.550. The number of amides is 1. The minimum Gasteiger partial charge on any atom is -0.496 e. The molecule has 0 atom stereocenters. The van der Waals surface area contributed by atoms with Crippen LogP contribution in [0.1, 0.15) is 57.5 Å². The van der Waals surface area contributed by atoms with Gasteiger partial charge in [0.05, 0.1) is 23.3 Å². The number of rotatable bonds is 7. The zero-order valence-electron chi connectivity index (χ0n) is 17.2. The van der Waals surface area contributed by atoms with Gasteiger partial charge in [-0.25, -0.2) is 0 Å². The van der Waals surface area contributed by atoms with Gasteiger partial charge in [0.25, 0.3) is 5.91 Å². The Hall–Kier alpha value is -2.10. The lowest BCUT2D eigenvalue weighted by molar-refractivity contribution is -0.115. The first-order chi connectivity index (χ1) is 12.5. The maximum Gasteiger partial charge on any atom is 0.255 e. The quantitative estimate of drug-likeness (QED) is 0.761. The van der Waals surface area contributed by atoms with Crippen LogP contribution >= 0.6 is 11.6 Å². The molecule has 1 rings (SSSR count). The minimum absolute atomic E-state index is 0.167. The fourth-order valence-electron chi connectivity index (χ4n) is 2.49. The number of hydrogen-bond acceptors (Lipinski definition) is 5. The molecule has 1 amide bonds. The monoisotopic (exact) mass is 395 g/mol. The highest BCUT2D eigenvalue weighted by Crippen LogP contribution is 2.26. The average Bonchev–Trinajstić information content (AvgIpc) is 2.56. The highest BCUT2D eigenvalue weighted by molar-refractivity contribution is 6.32. The van der Waals surface area contributed by atoms with E-state index in [0.29, 0.717) is 29.9 Å². The van der Waals surface area contributed by atoms with Gasteiger partial charge < -0.3 is 14.8 Å². The number of carbonyl (C=O) groups is 2. The van der Waals surface area contributed by atoms with Crippen molar-refractivity contribution in [1.29, 1.82) is 5.26 Å². The summed E-state index contributed by atoms with van der Waals surface area (Å²) in [7, 11) is 1.47. The molecule has 0 spiro atoms. The maximum absolute atomic E-state index is 12.4. The van der Waals surface area contributed by atoms with Crippen molar-refractivity contribution < 1.29 is 14.3 Å². The van der Waals surface area contributed by atoms with Crippen LogP contribution in [-0.2, 0) is 4.79 Å². The van der Waals surface area contributed by atoms with Gasteiger partial charge >= 0.3 is 0 Å². The van der Waals surface area contributed by atoms with Gasteiger partial charge in [0.1, 0.15) is 17.6 Å². The standard InChI is InChI=1S/C17H24ClN3O2.C3H6O/c1-11(2)21(12(3)4)7-6-20-17(22)14-8-13(10-19)15(18)9-16(14)23-5;1-3(2)4/h8-9,11-12H,6-7H2,1-5H3,(H,20,22);1-2H3. The van der Waals surface area contributed by atoms with Crippen LogP contribution in [-0.4, -0.2) is 48.9 Å². The first-order valence-corrected chi connectivity index (χ1v) is 9.21. The Balaban J connectivity index is 0.00000153. The molecule has 1 aromatic rings. The van der Waals surface area contributed by atoms with Crippen LogP contribution in [0.4, 0.5) is 0 Å². The third kappa shape index (κ3) is 8.89. The zero-order valence-corrected chi connectivity index (χ0v) is 18.0. The first-order valence-electron chi connectivity index (χ1n) is 8.83. The number of benzene rings is 1. The van der Waals surface area contributed by atoms with Gasteiger partial charge in [0, 0.05) is 31.2 Å². The number of Topliss-reactive ketones (excluding diaryl/α,β-unsaturated/α-hetero) is 1. The molecule has 1 N–H and O–H groups in total. The molecule has 0 aromatic heterocycles. The Morgan fingerprint density at radius 3 is 2.15 bits per heavy atom. The summed E-state index contributed by atoms with van der Waals surface area (Å²) in [4.78, 5) is 24.1. The number of methoxy groups -OCH3 is 1. The molecule has 0 fully saturated rings. The Morgan fingerprint density at radius 1 is 1.22 bits per heavy atom. The smallest absolute Gasteiger partial charge is 0.255 e. The lowest BCUT2D eigenvalue weighted by atomic mass is 10.1. The molecule has 0 saturated carbocycles. The second-order valence-corrected chi connectivity index (χ2v) is 7.14. The van der Waals surface area contributed by atoms with E-state index in [1.807, 2.05) is 6.07 Å². The Morgan fingerprint density at radius 2 is 1.74 bits per heavy atom. The normalized spacial score (nSPS) is 10.3. The van der Waals surface area contributed by atoms with E-state index in [9.17, 15) is 9.59 Å². The molecule has 6 nitrogen and oxygen atoms in total. The number of halogens is 1. The van der Waals surface area contributed by atoms with Gasteiger partial charge in [0.2, 0.25) is 0 Å². The third-order valence-corrected chi connectivity index (χ3v) is 3.95. The Kier molecular flexibility index (Phi) is 11.4. The molecule has 0 radical (unpaired) electrons. The summed E-state index contributed by atoms with van der Waals surface area (Å²) in [5.41, 5.74) is 0.567. The van der Waals surface area contributed by atoms with E-state index in [0.717, 1.165) is 6.54 Å². The van der Waals surface area contributed by atoms with Crippen LogP contribution in [0, 0.1) is 11.3 Å². The predicted octanol–water partition coefficient (Wildman–Crippen LogP) is 3.66. The summed E-state index contributed by atoms with van der Waals surface area (Å²) >= 11 is 5.96. The van der Waals surface area contributed by atoms with Gasteiger partial charge in [-0.15, -0.1) is 0 Å². The van der Waals surface area contributed by atoms with Crippen molar-refractivity contribution in [2.75, 3.05) is 20.2 Å². The molecule has 7 heteroatoms. The van der Waals surface area contributed by atoms with Gasteiger partial charge in [-0.05, 0) is 47.6 Å². The molecule has 0 saturated heterocycles. The second kappa shape index (κ2) is 12.3. The van der Waals surface area contributed by atoms with Gasteiger partial charge in [-0.3, -0.25) is 9.69 Å². The molecular weight excluding hydrogens is 366 g/mol. The van der Waals surface area contributed by atoms with Crippen LogP contribution in [0.25, 0.3) is 0 Å². The summed E-state index contributed by atoms with van der Waals surface area (Å²) in [6.45, 7) is 12.8. The van der Waals surface area contributed by atoms with Gasteiger partial charge in [-0.2, -0.15) is 5.26 Å². The molecule has 0 aliphatic rings. The van der Waals surface area contributed by atoms with Crippen LogP contribution < -0.4 is 10.1 Å². The number of hydrogen-bond donors (Lipinski definition) is 1. The van der Waals surface area contributed by atoms with Crippen molar-refractivity contribution in [3.05, 3.63) is 28.3 Å². The van der Waals surface area contributed by atoms with Crippen molar-refractivity contribution in [3.63, 3.8) is 0 Å². The summed E-state index contributed by atoms with van der Waals surface area (Å²) < 4.78 is 5.19. The zero-order chi connectivity index (χ0) is 21.1. The molecular formula is C20H30ClN3O3. The number of nitrogens with zero attached hydrogens (tertiary/aromatic N) is 2. The van der Waals surface area contributed by atoms with Crippen LogP contribution in [0.3, 0.4) is 0 Å². The second-order valence-electron chi connectivity index (χ2n) is 6.73. The van der Waals surface area contributed by atoms with E-state index in [4.69, 9.17) is 21.6 Å². The van der Waals surface area contributed by atoms with E-state index in [-0.39, 0.29) is 22.3 Å². The Labute approximate surface area is 167 Å². The lowest BCUT2D eigenvalue weighted by Crippen LogP contribution is -2.42. The summed E-state index contributed by atoms with van der Waals surface area (Å²) in [5.74, 6) is 0.249. The Bertz CT molecular complexity index is 670. The SMILES string of the molecule is CC(C)=O.COc1cc(Cl)c(C#N)cc1C(=O)NCCN(C(C)C)C(C)C. The summed E-state index contributed by atoms with van der Waals surface area (Å²) in [6, 6.07) is 5.73. The topological polar surface area (TPSA) is 82.4 Å². The van der Waals surface area contributed by atoms with Crippen LogP contribution in [0.5, 0.6) is 5.75 Å². The maximum atomic E-state index is 12.4. The van der Waals surface area contributed by atoms with E-state index < -0.39 is 0 Å². The molecule has 0 unspecified atom stereocenters. The lowest BCUT2D eigenvalue weighted by Gasteiger charge is -2.30. The number of ketones is 1. The van der Waals surface area contributed by atoms with Crippen LogP contribution in [0.15, 0.2) is 12.1 Å². The van der Waals surface area contributed by atoms with Crippen molar-refractivity contribution in [2.45, 2.75) is 53.6 Å². The number of carbonyl (C=O) groups excluding carboxylic acids is 2. The molecule has 150 valence electrons. The average molecular weight is 396 g/mol. The highest BCUT2D eigenvalue weighted by Gasteiger charge is 2.17. The van der Waals surface area contributed by atoms with Crippen molar-refractivity contribution in [2.24, 2.45) is 0 Å². The number of ether oxygens (including phenoxy) is 1. The molecule has 1 aromatic carbocycles. The largest absolute Gasteiger partial charge is 0.496 e. The highest BCUT2D eigenvalue weighted by atomic mass is 35.5. The van der Waals surface area contributed by atoms with Crippen molar-refractivity contribution in [3.8, 4) is 11.8 Å². The fourth-order valence-corrected chi connectivity index (χ4v) is 2.69. The molecule has 0 bridgehead atoms. The molecule has 0 heterocycles. The third-order valence-electron chi connectivity index (χ3n) is 3.64. The van der Waals surface area contributed by atoms with E-state index in [1.165, 1.54) is 33.1 Å². The number of nitrogens with one attached hydrogen (secondary N) is 1. The van der Waals surface area contributed by atoms with Crippen molar-refractivity contribution >= 4 is 23.3 Å². The van der Waals surface area contributed by atoms with Crippen LogP contribution in [0.2, 0.25) is 5.02 Å². The van der Waals surface area contributed by atoms with Gasteiger partial charge in [0.15, 0.2) is 0 Å². The van der Waals surface area contributed by atoms with Gasteiger partial charge in [-0.1, -0.05) is 11.6 Å². The van der Waals surface area contributed by atoms with E-state index >= 15 is 0 Å². The number of nitriles is 1. The molecule has 27 heavy (non-hydrogen) atoms.